The van der Waals surface area contributed by atoms with Crippen LogP contribution in [0.5, 0.6) is 0 Å². The fourth-order valence-corrected chi connectivity index (χ4v) is 3.02. The van der Waals surface area contributed by atoms with Crippen LogP contribution in [0.25, 0.3) is 16.6 Å². The highest BCUT2D eigenvalue weighted by molar-refractivity contribution is 5.94. The van der Waals surface area contributed by atoms with Crippen LogP contribution in [0.4, 0.5) is 0 Å². The van der Waals surface area contributed by atoms with Crippen molar-refractivity contribution >= 4 is 16.9 Å². The van der Waals surface area contributed by atoms with Crippen LogP contribution in [-0.4, -0.2) is 20.9 Å². The zero-order valence-electron chi connectivity index (χ0n) is 13.5. The predicted molar refractivity (Wildman–Crippen MR) is 97.3 cm³/mol. The second-order valence-corrected chi connectivity index (χ2v) is 5.89. The summed E-state index contributed by atoms with van der Waals surface area (Å²) in [6.07, 6.45) is 0.721. The fourth-order valence-electron chi connectivity index (χ4n) is 3.02. The first-order chi connectivity index (χ1) is 12.2. The number of carbonyl (C=O) groups is 1. The molecule has 1 N–H and O–H groups in total. The molecule has 1 aromatic heterocycles. The van der Waals surface area contributed by atoms with Gasteiger partial charge in [-0.1, -0.05) is 54.6 Å². The van der Waals surface area contributed by atoms with Gasteiger partial charge in [-0.3, -0.25) is 0 Å². The van der Waals surface area contributed by atoms with Crippen LogP contribution in [0, 0.1) is 0 Å². The number of nitrogens with zero attached hydrogens (tertiary/aromatic N) is 2. The number of para-hydroxylation sites is 1. The molecule has 0 unspecified atom stereocenters. The van der Waals surface area contributed by atoms with Gasteiger partial charge in [0.1, 0.15) is 0 Å². The number of carboxylic acids is 1. The van der Waals surface area contributed by atoms with Gasteiger partial charge in [0.2, 0.25) is 0 Å². The molecule has 4 rings (SSSR count). The van der Waals surface area contributed by atoms with Gasteiger partial charge in [-0.05, 0) is 29.8 Å². The summed E-state index contributed by atoms with van der Waals surface area (Å²) in [5, 5.41) is 14.9. The van der Waals surface area contributed by atoms with Gasteiger partial charge >= 0.3 is 5.97 Å². The van der Waals surface area contributed by atoms with Gasteiger partial charge in [-0.15, -0.1) is 0 Å². The minimum absolute atomic E-state index is 0.247. The molecule has 0 radical (unpaired) electrons. The third-order valence-corrected chi connectivity index (χ3v) is 4.23. The predicted octanol–water partition coefficient (Wildman–Crippen LogP) is 4.31. The molecule has 0 amide bonds. The molecular formula is C21H16N2O2. The highest BCUT2D eigenvalue weighted by Crippen LogP contribution is 2.25. The molecule has 122 valence electrons. The van der Waals surface area contributed by atoms with Crippen LogP contribution in [-0.2, 0) is 6.42 Å². The van der Waals surface area contributed by atoms with E-state index in [1.54, 1.807) is 12.1 Å². The molecule has 1 heterocycles. The molecule has 0 aliphatic heterocycles. The van der Waals surface area contributed by atoms with E-state index in [9.17, 15) is 9.90 Å². The van der Waals surface area contributed by atoms with Gasteiger partial charge in [-0.2, -0.15) is 5.10 Å². The Morgan fingerprint density at radius 3 is 2.28 bits per heavy atom. The first-order valence-corrected chi connectivity index (χ1v) is 8.07. The molecule has 0 atom stereocenters. The Labute approximate surface area is 145 Å². The molecule has 25 heavy (non-hydrogen) atoms. The SMILES string of the molecule is O=C(O)c1ccc2c(Cc3ccccc3)n(-c3ccccc3)nc2c1. The lowest BCUT2D eigenvalue weighted by Gasteiger charge is -2.08. The van der Waals surface area contributed by atoms with E-state index in [1.807, 2.05) is 59.3 Å². The normalized spacial score (nSPS) is 10.9. The van der Waals surface area contributed by atoms with E-state index in [4.69, 9.17) is 0 Å². The van der Waals surface area contributed by atoms with Gasteiger partial charge < -0.3 is 5.11 Å². The number of rotatable bonds is 4. The minimum atomic E-state index is -0.944. The average Bonchev–Trinajstić information content (AvgIpc) is 3.01. The summed E-state index contributed by atoms with van der Waals surface area (Å²) < 4.78 is 1.91. The third-order valence-electron chi connectivity index (χ3n) is 4.23. The van der Waals surface area contributed by atoms with Crippen molar-refractivity contribution in [1.29, 1.82) is 0 Å². The highest BCUT2D eigenvalue weighted by atomic mass is 16.4. The van der Waals surface area contributed by atoms with E-state index < -0.39 is 5.97 Å². The lowest BCUT2D eigenvalue weighted by molar-refractivity contribution is 0.0697. The summed E-state index contributed by atoms with van der Waals surface area (Å²) in [7, 11) is 0. The van der Waals surface area contributed by atoms with Crippen LogP contribution in [0.2, 0.25) is 0 Å². The Morgan fingerprint density at radius 1 is 0.920 bits per heavy atom. The zero-order chi connectivity index (χ0) is 17.2. The van der Waals surface area contributed by atoms with Gasteiger partial charge in [0.25, 0.3) is 0 Å². The molecule has 0 saturated heterocycles. The smallest absolute Gasteiger partial charge is 0.335 e. The van der Waals surface area contributed by atoms with Crippen molar-refractivity contribution in [3.8, 4) is 5.69 Å². The summed E-state index contributed by atoms with van der Waals surface area (Å²) in [5.41, 5.74) is 4.13. The molecule has 4 aromatic rings. The molecule has 4 nitrogen and oxygen atoms in total. The maximum Gasteiger partial charge on any atom is 0.335 e. The summed E-state index contributed by atoms with van der Waals surface area (Å²) >= 11 is 0. The van der Waals surface area contributed by atoms with Gasteiger partial charge in [-0.25, -0.2) is 9.48 Å². The summed E-state index contributed by atoms with van der Waals surface area (Å²) in [4.78, 5) is 11.3. The van der Waals surface area contributed by atoms with Crippen LogP contribution in [0.15, 0.2) is 78.9 Å². The van der Waals surface area contributed by atoms with Crippen molar-refractivity contribution in [3.05, 3.63) is 95.7 Å². The largest absolute Gasteiger partial charge is 0.478 e. The third kappa shape index (κ3) is 2.90. The lowest BCUT2D eigenvalue weighted by Crippen LogP contribution is -2.02. The first-order valence-electron chi connectivity index (χ1n) is 8.07. The number of aromatic carboxylic acids is 1. The molecule has 3 aromatic carbocycles. The second kappa shape index (κ2) is 6.24. The van der Waals surface area contributed by atoms with Crippen molar-refractivity contribution in [3.63, 3.8) is 0 Å². The van der Waals surface area contributed by atoms with E-state index in [-0.39, 0.29) is 5.56 Å². The molecular weight excluding hydrogens is 312 g/mol. The first kappa shape index (κ1) is 15.1. The van der Waals surface area contributed by atoms with Crippen molar-refractivity contribution in [2.24, 2.45) is 0 Å². The minimum Gasteiger partial charge on any atom is -0.478 e. The Kier molecular flexibility index (Phi) is 3.78. The number of fused-ring (bicyclic) bond motifs is 1. The van der Waals surface area contributed by atoms with E-state index in [0.29, 0.717) is 5.52 Å². The summed E-state index contributed by atoms with van der Waals surface area (Å²) in [6.45, 7) is 0. The molecule has 0 aliphatic rings. The number of benzene rings is 3. The average molecular weight is 328 g/mol. The van der Waals surface area contributed by atoms with Crippen molar-refractivity contribution in [1.82, 2.24) is 9.78 Å². The van der Waals surface area contributed by atoms with Crippen LogP contribution in [0.3, 0.4) is 0 Å². The van der Waals surface area contributed by atoms with Gasteiger partial charge in [0.15, 0.2) is 0 Å². The van der Waals surface area contributed by atoms with E-state index in [0.717, 1.165) is 23.2 Å². The molecule has 4 heteroatoms. The Hall–Kier alpha value is -3.40. The van der Waals surface area contributed by atoms with E-state index >= 15 is 0 Å². The van der Waals surface area contributed by atoms with Crippen LogP contribution < -0.4 is 0 Å². The van der Waals surface area contributed by atoms with Crippen LogP contribution >= 0.6 is 0 Å². The quantitative estimate of drug-likeness (QED) is 0.607. The Bertz CT molecular complexity index is 1040. The molecule has 0 spiro atoms. The zero-order valence-corrected chi connectivity index (χ0v) is 13.5. The fraction of sp³-hybridized carbons (Fsp3) is 0.0476. The summed E-state index contributed by atoms with van der Waals surface area (Å²) in [6, 6.07) is 25.2. The summed E-state index contributed by atoms with van der Waals surface area (Å²) in [5.74, 6) is -0.944. The van der Waals surface area contributed by atoms with Crippen LogP contribution in [0.1, 0.15) is 21.6 Å². The van der Waals surface area contributed by atoms with E-state index in [2.05, 4.69) is 17.2 Å². The molecule has 0 bridgehead atoms. The Balaban J connectivity index is 1.92. The Morgan fingerprint density at radius 2 is 1.60 bits per heavy atom. The standard InChI is InChI=1S/C21H16N2O2/c24-21(25)16-11-12-18-19(14-16)22-23(17-9-5-2-6-10-17)20(18)13-15-7-3-1-4-8-15/h1-12,14H,13H2,(H,24,25). The number of carboxylic acid groups (broad SMARTS) is 1. The molecule has 0 aliphatic carbocycles. The monoisotopic (exact) mass is 328 g/mol. The number of aromatic nitrogens is 2. The lowest BCUT2D eigenvalue weighted by atomic mass is 10.1. The van der Waals surface area contributed by atoms with Crippen molar-refractivity contribution in [2.45, 2.75) is 6.42 Å². The molecule has 0 fully saturated rings. The maximum atomic E-state index is 11.3. The molecule has 0 saturated carbocycles. The second-order valence-electron chi connectivity index (χ2n) is 5.89. The van der Waals surface area contributed by atoms with Gasteiger partial charge in [0, 0.05) is 11.8 Å². The topological polar surface area (TPSA) is 55.1 Å². The van der Waals surface area contributed by atoms with E-state index in [1.165, 1.54) is 5.56 Å². The number of hydrogen-bond acceptors (Lipinski definition) is 2. The maximum absolute atomic E-state index is 11.3. The van der Waals surface area contributed by atoms with Crippen molar-refractivity contribution in [2.75, 3.05) is 0 Å². The van der Waals surface area contributed by atoms with Gasteiger partial charge in [0.05, 0.1) is 22.5 Å². The van der Waals surface area contributed by atoms with Crippen molar-refractivity contribution < 1.29 is 9.90 Å². The number of hydrogen-bond donors (Lipinski definition) is 1. The highest BCUT2D eigenvalue weighted by Gasteiger charge is 2.15.